The molecule has 0 spiro atoms. The highest BCUT2D eigenvalue weighted by Gasteiger charge is 2.22. The fourth-order valence-electron chi connectivity index (χ4n) is 1.50. The molecule has 1 aromatic rings. The first-order valence-electron chi connectivity index (χ1n) is 5.43. The minimum Gasteiger partial charge on any atom is -0.507 e. The maximum absolute atomic E-state index is 13.6. The molecule has 1 aromatic carbocycles. The molecule has 18 heavy (non-hydrogen) atoms. The molecular weight excluding hydrogens is 305 g/mol. The van der Waals surface area contributed by atoms with Crippen LogP contribution >= 0.6 is 15.9 Å². The monoisotopic (exact) mass is 319 g/mol. The lowest BCUT2D eigenvalue weighted by Gasteiger charge is -2.22. The van der Waals surface area contributed by atoms with Crippen molar-refractivity contribution in [1.82, 2.24) is 4.90 Å². The zero-order valence-electron chi connectivity index (χ0n) is 10.0. The number of alkyl halides is 1. The van der Waals surface area contributed by atoms with Gasteiger partial charge in [0.15, 0.2) is 0 Å². The van der Waals surface area contributed by atoms with Gasteiger partial charge in [0, 0.05) is 25.5 Å². The maximum atomic E-state index is 13.6. The Morgan fingerprint density at radius 1 is 1.50 bits per heavy atom. The molecule has 0 heterocycles. The van der Waals surface area contributed by atoms with Crippen molar-refractivity contribution in [2.24, 2.45) is 0 Å². The van der Waals surface area contributed by atoms with Crippen LogP contribution in [0.3, 0.4) is 0 Å². The van der Waals surface area contributed by atoms with Crippen molar-refractivity contribution in [1.29, 1.82) is 0 Å². The average Bonchev–Trinajstić information content (AvgIpc) is 2.34. The first kappa shape index (κ1) is 14.9. The van der Waals surface area contributed by atoms with Crippen LogP contribution in [0.4, 0.5) is 4.39 Å². The Morgan fingerprint density at radius 2 is 2.22 bits per heavy atom. The predicted molar refractivity (Wildman–Crippen MR) is 69.6 cm³/mol. The zero-order chi connectivity index (χ0) is 13.5. The van der Waals surface area contributed by atoms with Crippen molar-refractivity contribution in [3.05, 3.63) is 29.6 Å². The quantitative estimate of drug-likeness (QED) is 0.816. The Bertz CT molecular complexity index is 394. The Kier molecular flexibility index (Phi) is 6.07. The number of hydrogen-bond acceptors (Lipinski definition) is 3. The molecule has 0 unspecified atom stereocenters. The van der Waals surface area contributed by atoms with E-state index in [4.69, 9.17) is 4.74 Å². The SMILES string of the molecule is COCCN(CCBr)C(=O)c1c(O)cccc1F. The van der Waals surface area contributed by atoms with Crippen molar-refractivity contribution in [2.75, 3.05) is 32.1 Å². The summed E-state index contributed by atoms with van der Waals surface area (Å²) in [7, 11) is 1.53. The van der Waals surface area contributed by atoms with Gasteiger partial charge in [-0.3, -0.25) is 4.79 Å². The second kappa shape index (κ2) is 7.33. The van der Waals surface area contributed by atoms with Crippen LogP contribution in [0.5, 0.6) is 5.75 Å². The van der Waals surface area contributed by atoms with E-state index >= 15 is 0 Å². The van der Waals surface area contributed by atoms with Crippen molar-refractivity contribution in [3.63, 3.8) is 0 Å². The van der Waals surface area contributed by atoms with Gasteiger partial charge in [-0.05, 0) is 12.1 Å². The molecular formula is C12H15BrFNO3. The fourth-order valence-corrected chi connectivity index (χ4v) is 1.93. The number of phenolic OH excluding ortho intramolecular Hbond substituents is 1. The number of methoxy groups -OCH3 is 1. The first-order valence-corrected chi connectivity index (χ1v) is 6.55. The third-order valence-corrected chi connectivity index (χ3v) is 2.77. The van der Waals surface area contributed by atoms with E-state index in [9.17, 15) is 14.3 Å². The maximum Gasteiger partial charge on any atom is 0.260 e. The van der Waals surface area contributed by atoms with Gasteiger partial charge in [0.1, 0.15) is 17.1 Å². The largest absolute Gasteiger partial charge is 0.507 e. The molecule has 0 aliphatic heterocycles. The molecule has 1 amide bonds. The van der Waals surface area contributed by atoms with Crippen LogP contribution in [0.2, 0.25) is 0 Å². The smallest absolute Gasteiger partial charge is 0.260 e. The molecule has 1 N–H and O–H groups in total. The lowest BCUT2D eigenvalue weighted by atomic mass is 10.1. The fraction of sp³-hybridized carbons (Fsp3) is 0.417. The van der Waals surface area contributed by atoms with Crippen LogP contribution in [0, 0.1) is 5.82 Å². The minimum absolute atomic E-state index is 0.297. The molecule has 100 valence electrons. The van der Waals surface area contributed by atoms with Gasteiger partial charge in [0.25, 0.3) is 5.91 Å². The highest BCUT2D eigenvalue weighted by atomic mass is 79.9. The topological polar surface area (TPSA) is 49.8 Å². The van der Waals surface area contributed by atoms with E-state index in [2.05, 4.69) is 15.9 Å². The number of nitrogens with zero attached hydrogens (tertiary/aromatic N) is 1. The van der Waals surface area contributed by atoms with Gasteiger partial charge in [0.05, 0.1) is 6.61 Å². The Morgan fingerprint density at radius 3 is 2.78 bits per heavy atom. The van der Waals surface area contributed by atoms with Crippen LogP contribution < -0.4 is 0 Å². The van der Waals surface area contributed by atoms with Gasteiger partial charge < -0.3 is 14.7 Å². The van der Waals surface area contributed by atoms with E-state index in [-0.39, 0.29) is 11.3 Å². The Hall–Kier alpha value is -1.14. The summed E-state index contributed by atoms with van der Waals surface area (Å²) in [4.78, 5) is 13.6. The van der Waals surface area contributed by atoms with E-state index in [1.807, 2.05) is 0 Å². The van der Waals surface area contributed by atoms with Gasteiger partial charge in [0.2, 0.25) is 0 Å². The summed E-state index contributed by atoms with van der Waals surface area (Å²) in [5, 5.41) is 10.1. The van der Waals surface area contributed by atoms with E-state index in [0.29, 0.717) is 25.0 Å². The van der Waals surface area contributed by atoms with Crippen LogP contribution in [-0.2, 0) is 4.74 Å². The molecule has 0 bridgehead atoms. The third-order valence-electron chi connectivity index (χ3n) is 2.41. The first-order chi connectivity index (χ1) is 8.61. The zero-order valence-corrected chi connectivity index (χ0v) is 11.6. The molecule has 4 nitrogen and oxygen atoms in total. The summed E-state index contributed by atoms with van der Waals surface area (Å²) in [6, 6.07) is 3.79. The van der Waals surface area contributed by atoms with E-state index in [1.165, 1.54) is 24.1 Å². The molecule has 0 fully saturated rings. The van der Waals surface area contributed by atoms with E-state index in [0.717, 1.165) is 6.07 Å². The summed E-state index contributed by atoms with van der Waals surface area (Å²) in [5.41, 5.74) is -0.297. The van der Waals surface area contributed by atoms with Crippen LogP contribution in [0.25, 0.3) is 0 Å². The number of benzene rings is 1. The predicted octanol–water partition coefficient (Wildman–Crippen LogP) is 2.01. The summed E-state index contributed by atoms with van der Waals surface area (Å²) in [5.74, 6) is -1.61. The van der Waals surface area contributed by atoms with Crippen LogP contribution in [-0.4, -0.2) is 48.0 Å². The van der Waals surface area contributed by atoms with Crippen molar-refractivity contribution >= 4 is 21.8 Å². The number of aromatic hydroxyl groups is 1. The molecule has 6 heteroatoms. The molecule has 0 saturated heterocycles. The molecule has 0 aliphatic rings. The average molecular weight is 320 g/mol. The van der Waals surface area contributed by atoms with Gasteiger partial charge in [-0.1, -0.05) is 22.0 Å². The van der Waals surface area contributed by atoms with Crippen LogP contribution in [0.15, 0.2) is 18.2 Å². The van der Waals surface area contributed by atoms with Gasteiger partial charge in [-0.15, -0.1) is 0 Å². The number of carbonyl (C=O) groups is 1. The Labute approximate surface area is 113 Å². The number of amides is 1. The molecule has 0 atom stereocenters. The lowest BCUT2D eigenvalue weighted by molar-refractivity contribution is 0.0701. The lowest BCUT2D eigenvalue weighted by Crippen LogP contribution is -2.36. The Balaban J connectivity index is 2.94. The number of rotatable bonds is 6. The number of halogens is 2. The standard InChI is InChI=1S/C12H15BrFNO3/c1-18-8-7-15(6-5-13)12(17)11-9(14)3-2-4-10(11)16/h2-4,16H,5-8H2,1H3. The molecule has 1 rings (SSSR count). The van der Waals surface area contributed by atoms with Gasteiger partial charge >= 0.3 is 0 Å². The molecule has 0 radical (unpaired) electrons. The van der Waals surface area contributed by atoms with Gasteiger partial charge in [-0.25, -0.2) is 4.39 Å². The van der Waals surface area contributed by atoms with E-state index < -0.39 is 11.7 Å². The normalized spacial score (nSPS) is 10.4. The number of hydrogen-bond donors (Lipinski definition) is 1. The number of carbonyl (C=O) groups excluding carboxylic acids is 1. The van der Waals surface area contributed by atoms with Crippen molar-refractivity contribution in [3.8, 4) is 5.75 Å². The van der Waals surface area contributed by atoms with E-state index in [1.54, 1.807) is 0 Å². The second-order valence-corrected chi connectivity index (χ2v) is 4.40. The van der Waals surface area contributed by atoms with Gasteiger partial charge in [-0.2, -0.15) is 0 Å². The van der Waals surface area contributed by atoms with Crippen molar-refractivity contribution < 1.29 is 19.0 Å². The number of ether oxygens (including phenoxy) is 1. The minimum atomic E-state index is -0.725. The summed E-state index contributed by atoms with van der Waals surface area (Å²) in [6.07, 6.45) is 0. The second-order valence-electron chi connectivity index (χ2n) is 3.61. The third kappa shape index (κ3) is 3.68. The highest BCUT2D eigenvalue weighted by Crippen LogP contribution is 2.21. The summed E-state index contributed by atoms with van der Waals surface area (Å²) < 4.78 is 18.5. The summed E-state index contributed by atoms with van der Waals surface area (Å²) >= 11 is 3.23. The number of phenols is 1. The van der Waals surface area contributed by atoms with Crippen LogP contribution in [0.1, 0.15) is 10.4 Å². The highest BCUT2D eigenvalue weighted by molar-refractivity contribution is 9.09. The molecule has 0 aromatic heterocycles. The molecule has 0 aliphatic carbocycles. The summed E-state index contributed by atoms with van der Waals surface area (Å²) in [6.45, 7) is 1.11. The molecule has 0 saturated carbocycles. The van der Waals surface area contributed by atoms with Crippen molar-refractivity contribution in [2.45, 2.75) is 0 Å².